The zero-order chi connectivity index (χ0) is 16.9. The Labute approximate surface area is 143 Å². The van der Waals surface area contributed by atoms with E-state index in [1.54, 1.807) is 7.11 Å². The molecule has 1 aliphatic heterocycles. The third-order valence-electron chi connectivity index (χ3n) is 4.96. The van der Waals surface area contributed by atoms with Gasteiger partial charge in [-0.05, 0) is 23.8 Å². The van der Waals surface area contributed by atoms with Gasteiger partial charge in [-0.25, -0.2) is 0 Å². The van der Waals surface area contributed by atoms with Gasteiger partial charge in [-0.3, -0.25) is 4.79 Å². The van der Waals surface area contributed by atoms with Crippen LogP contribution < -0.4 is 9.64 Å². The van der Waals surface area contributed by atoms with E-state index >= 15 is 0 Å². The molecule has 2 aromatic carbocycles. The molecule has 4 heteroatoms. The molecule has 1 saturated heterocycles. The standard InChI is InChI=1S/C20H25NO3/c1-3-24-20(22)16-10-12-21(13-11-16)14-18-17-7-5-4-6-15(17)8-9-19(18)23-2/h4-9,16H,3,10-14H2,1-2H3/p+1. The molecule has 1 heterocycles. The molecule has 2 aromatic rings. The molecule has 0 spiro atoms. The van der Waals surface area contributed by atoms with Crippen molar-refractivity contribution in [1.82, 2.24) is 0 Å². The summed E-state index contributed by atoms with van der Waals surface area (Å²) in [6, 6.07) is 12.6. The summed E-state index contributed by atoms with van der Waals surface area (Å²) in [7, 11) is 1.73. The third kappa shape index (κ3) is 3.54. The van der Waals surface area contributed by atoms with E-state index in [-0.39, 0.29) is 11.9 Å². The number of carbonyl (C=O) groups excluding carboxylic acids is 1. The van der Waals surface area contributed by atoms with E-state index in [0.29, 0.717) is 6.61 Å². The van der Waals surface area contributed by atoms with Crippen molar-refractivity contribution in [2.45, 2.75) is 26.3 Å². The van der Waals surface area contributed by atoms with Gasteiger partial charge in [0, 0.05) is 12.8 Å². The Morgan fingerprint density at radius 3 is 2.62 bits per heavy atom. The van der Waals surface area contributed by atoms with Gasteiger partial charge in [0.25, 0.3) is 0 Å². The average molecular weight is 328 g/mol. The summed E-state index contributed by atoms with van der Waals surface area (Å²) in [6.07, 6.45) is 1.81. The minimum absolute atomic E-state index is 0.0284. The van der Waals surface area contributed by atoms with Gasteiger partial charge >= 0.3 is 5.97 Å². The molecule has 0 saturated carbocycles. The fourth-order valence-corrected chi connectivity index (χ4v) is 3.64. The van der Waals surface area contributed by atoms with E-state index in [2.05, 4.69) is 36.4 Å². The van der Waals surface area contributed by atoms with Crippen LogP contribution >= 0.6 is 0 Å². The lowest BCUT2D eigenvalue weighted by molar-refractivity contribution is -0.919. The van der Waals surface area contributed by atoms with Crippen molar-refractivity contribution in [3.05, 3.63) is 42.0 Å². The molecule has 0 bridgehead atoms. The Kier molecular flexibility index (Phi) is 5.36. The number of methoxy groups -OCH3 is 1. The SMILES string of the molecule is CCOC(=O)C1CC[NH+](Cc2c(OC)ccc3ccccc23)CC1. The molecule has 1 fully saturated rings. The molecular weight excluding hydrogens is 302 g/mol. The van der Waals surface area contributed by atoms with Crippen molar-refractivity contribution >= 4 is 16.7 Å². The first kappa shape index (κ1) is 16.8. The van der Waals surface area contributed by atoms with E-state index in [9.17, 15) is 4.79 Å². The molecule has 0 aromatic heterocycles. The molecule has 0 atom stereocenters. The first-order valence-electron chi connectivity index (χ1n) is 8.77. The summed E-state index contributed by atoms with van der Waals surface area (Å²) in [5.41, 5.74) is 1.26. The van der Waals surface area contributed by atoms with Crippen LogP contribution in [0, 0.1) is 5.92 Å². The molecule has 0 aliphatic carbocycles. The van der Waals surface area contributed by atoms with Crippen LogP contribution in [0.4, 0.5) is 0 Å². The number of hydrogen-bond donors (Lipinski definition) is 1. The summed E-state index contributed by atoms with van der Waals surface area (Å²) >= 11 is 0. The lowest BCUT2D eigenvalue weighted by atomic mass is 9.96. The van der Waals surface area contributed by atoms with Gasteiger partial charge in [0.1, 0.15) is 12.3 Å². The molecule has 4 nitrogen and oxygen atoms in total. The van der Waals surface area contributed by atoms with Crippen molar-refractivity contribution < 1.29 is 19.2 Å². The number of fused-ring (bicyclic) bond motifs is 1. The van der Waals surface area contributed by atoms with Crippen molar-refractivity contribution in [1.29, 1.82) is 0 Å². The quantitative estimate of drug-likeness (QED) is 0.856. The Balaban J connectivity index is 1.73. The zero-order valence-corrected chi connectivity index (χ0v) is 14.5. The smallest absolute Gasteiger partial charge is 0.309 e. The number of hydrogen-bond acceptors (Lipinski definition) is 3. The number of likely N-dealkylation sites (tertiary alicyclic amines) is 1. The molecule has 3 rings (SSSR count). The van der Waals surface area contributed by atoms with Crippen LogP contribution in [0.2, 0.25) is 0 Å². The van der Waals surface area contributed by atoms with Gasteiger partial charge in [0.05, 0.1) is 38.3 Å². The molecule has 0 radical (unpaired) electrons. The van der Waals surface area contributed by atoms with E-state index in [0.717, 1.165) is 38.2 Å². The molecule has 0 unspecified atom stereocenters. The first-order valence-corrected chi connectivity index (χ1v) is 8.77. The fraction of sp³-hybridized carbons (Fsp3) is 0.450. The second-order valence-electron chi connectivity index (χ2n) is 6.42. The van der Waals surface area contributed by atoms with Gasteiger partial charge in [-0.1, -0.05) is 30.3 Å². The number of ether oxygens (including phenoxy) is 2. The summed E-state index contributed by atoms with van der Waals surface area (Å²) in [5, 5.41) is 2.51. The monoisotopic (exact) mass is 328 g/mol. The lowest BCUT2D eigenvalue weighted by Crippen LogP contribution is -3.11. The molecule has 1 N–H and O–H groups in total. The normalized spacial score (nSPS) is 20.8. The summed E-state index contributed by atoms with van der Waals surface area (Å²) in [4.78, 5) is 13.4. The Morgan fingerprint density at radius 2 is 1.92 bits per heavy atom. The molecule has 128 valence electrons. The maximum atomic E-state index is 11.9. The van der Waals surface area contributed by atoms with Crippen LogP contribution in [0.1, 0.15) is 25.3 Å². The maximum Gasteiger partial charge on any atom is 0.309 e. The number of benzene rings is 2. The zero-order valence-electron chi connectivity index (χ0n) is 14.5. The largest absolute Gasteiger partial charge is 0.496 e. The van der Waals surface area contributed by atoms with Crippen LogP contribution in [0.25, 0.3) is 10.8 Å². The number of nitrogens with one attached hydrogen (secondary N) is 1. The van der Waals surface area contributed by atoms with Crippen LogP contribution in [0.5, 0.6) is 5.75 Å². The van der Waals surface area contributed by atoms with Crippen LogP contribution in [0.3, 0.4) is 0 Å². The van der Waals surface area contributed by atoms with Crippen molar-refractivity contribution in [3.8, 4) is 5.75 Å². The minimum atomic E-state index is -0.0284. The highest BCUT2D eigenvalue weighted by molar-refractivity contribution is 5.87. The second kappa shape index (κ2) is 7.67. The average Bonchev–Trinajstić information content (AvgIpc) is 2.63. The molecule has 0 amide bonds. The lowest BCUT2D eigenvalue weighted by Gasteiger charge is -2.28. The number of esters is 1. The Morgan fingerprint density at radius 1 is 1.17 bits per heavy atom. The maximum absolute atomic E-state index is 11.9. The van der Waals surface area contributed by atoms with Gasteiger partial charge in [-0.15, -0.1) is 0 Å². The topological polar surface area (TPSA) is 40.0 Å². The van der Waals surface area contributed by atoms with E-state index < -0.39 is 0 Å². The fourth-order valence-electron chi connectivity index (χ4n) is 3.64. The van der Waals surface area contributed by atoms with E-state index in [1.165, 1.54) is 21.2 Å². The van der Waals surface area contributed by atoms with Crippen LogP contribution in [0.15, 0.2) is 36.4 Å². The van der Waals surface area contributed by atoms with E-state index in [1.807, 2.05) is 6.92 Å². The predicted octanol–water partition coefficient (Wildman–Crippen LogP) is 2.21. The summed E-state index contributed by atoms with van der Waals surface area (Å²) in [5.74, 6) is 0.996. The van der Waals surface area contributed by atoms with Gasteiger partial charge in [0.2, 0.25) is 0 Å². The highest BCUT2D eigenvalue weighted by atomic mass is 16.5. The highest BCUT2D eigenvalue weighted by Crippen LogP contribution is 2.27. The molecule has 1 aliphatic rings. The Bertz CT molecular complexity index is 705. The number of rotatable bonds is 5. The number of piperidine rings is 1. The third-order valence-corrected chi connectivity index (χ3v) is 4.96. The van der Waals surface area contributed by atoms with Crippen LogP contribution in [-0.2, 0) is 16.1 Å². The highest BCUT2D eigenvalue weighted by Gasteiger charge is 2.29. The molecular formula is C20H26NO3+. The predicted molar refractivity (Wildman–Crippen MR) is 94.3 cm³/mol. The second-order valence-corrected chi connectivity index (χ2v) is 6.42. The summed E-state index contributed by atoms with van der Waals surface area (Å²) in [6.45, 7) is 5.26. The van der Waals surface area contributed by atoms with E-state index in [4.69, 9.17) is 9.47 Å². The molecule has 24 heavy (non-hydrogen) atoms. The minimum Gasteiger partial charge on any atom is -0.496 e. The van der Waals surface area contributed by atoms with Gasteiger partial charge < -0.3 is 14.4 Å². The van der Waals surface area contributed by atoms with Crippen molar-refractivity contribution in [3.63, 3.8) is 0 Å². The van der Waals surface area contributed by atoms with Crippen molar-refractivity contribution in [2.24, 2.45) is 5.92 Å². The first-order chi connectivity index (χ1) is 11.7. The summed E-state index contributed by atoms with van der Waals surface area (Å²) < 4.78 is 10.8. The van der Waals surface area contributed by atoms with Gasteiger partial charge in [-0.2, -0.15) is 0 Å². The van der Waals surface area contributed by atoms with Crippen molar-refractivity contribution in [2.75, 3.05) is 26.8 Å². The number of quaternary nitrogens is 1. The Hall–Kier alpha value is -2.07. The van der Waals surface area contributed by atoms with Gasteiger partial charge in [0.15, 0.2) is 0 Å². The number of carbonyl (C=O) groups is 1. The van der Waals surface area contributed by atoms with Crippen LogP contribution in [-0.4, -0.2) is 32.8 Å².